The lowest BCUT2D eigenvalue weighted by molar-refractivity contribution is -0.113. The SMILES string of the molecule is O=C(CSc1nnc(CCc2nc3ccccc3s2)o1)Nc1ccc2c(c1)OCO2. The summed E-state index contributed by atoms with van der Waals surface area (Å²) < 4.78 is 17.4. The van der Waals surface area contributed by atoms with Crippen LogP contribution < -0.4 is 14.8 Å². The largest absolute Gasteiger partial charge is 0.454 e. The number of nitrogens with zero attached hydrogens (tertiary/aromatic N) is 3. The fraction of sp³-hybridized carbons (Fsp3) is 0.200. The zero-order valence-corrected chi connectivity index (χ0v) is 17.3. The van der Waals surface area contributed by atoms with Gasteiger partial charge in [0, 0.05) is 24.6 Å². The van der Waals surface area contributed by atoms with E-state index in [9.17, 15) is 4.79 Å². The highest BCUT2D eigenvalue weighted by molar-refractivity contribution is 7.99. The Balaban J connectivity index is 1.12. The highest BCUT2D eigenvalue weighted by atomic mass is 32.2. The molecule has 0 saturated heterocycles. The second-order valence-electron chi connectivity index (χ2n) is 6.44. The maximum atomic E-state index is 12.2. The number of carbonyl (C=O) groups is 1. The Bertz CT molecular complexity index is 1170. The van der Waals surface area contributed by atoms with Crippen LogP contribution in [0.2, 0.25) is 0 Å². The molecule has 0 aliphatic carbocycles. The summed E-state index contributed by atoms with van der Waals surface area (Å²) in [5, 5.41) is 12.3. The van der Waals surface area contributed by atoms with E-state index < -0.39 is 0 Å². The number of thiazole rings is 1. The molecule has 4 aromatic rings. The third kappa shape index (κ3) is 4.24. The molecule has 10 heteroatoms. The number of anilines is 1. The Hall–Kier alpha value is -3.11. The zero-order valence-electron chi connectivity index (χ0n) is 15.7. The molecule has 5 rings (SSSR count). The van der Waals surface area contributed by atoms with E-state index in [2.05, 4.69) is 26.6 Å². The van der Waals surface area contributed by atoms with Crippen LogP contribution in [0.15, 0.2) is 52.1 Å². The number of aryl methyl sites for hydroxylation is 2. The molecule has 0 atom stereocenters. The number of rotatable bonds is 7. The molecule has 1 N–H and O–H groups in total. The van der Waals surface area contributed by atoms with E-state index in [1.807, 2.05) is 18.2 Å². The van der Waals surface area contributed by atoms with Crippen molar-refractivity contribution in [2.45, 2.75) is 18.1 Å². The van der Waals surface area contributed by atoms with Crippen LogP contribution >= 0.6 is 23.1 Å². The van der Waals surface area contributed by atoms with Gasteiger partial charge in [-0.2, -0.15) is 0 Å². The summed E-state index contributed by atoms with van der Waals surface area (Å²) in [7, 11) is 0. The highest BCUT2D eigenvalue weighted by Gasteiger charge is 2.15. The number of para-hydroxylation sites is 1. The molecule has 152 valence electrons. The molecule has 3 heterocycles. The predicted molar refractivity (Wildman–Crippen MR) is 113 cm³/mol. The zero-order chi connectivity index (χ0) is 20.3. The van der Waals surface area contributed by atoms with E-state index in [0.29, 0.717) is 34.7 Å². The smallest absolute Gasteiger partial charge is 0.277 e. The van der Waals surface area contributed by atoms with Gasteiger partial charge in [0.1, 0.15) is 0 Å². The Kier molecular flexibility index (Phi) is 5.24. The van der Waals surface area contributed by atoms with Crippen LogP contribution in [0.1, 0.15) is 10.9 Å². The first kappa shape index (κ1) is 18.9. The van der Waals surface area contributed by atoms with Gasteiger partial charge in [0.2, 0.25) is 18.6 Å². The molecule has 0 spiro atoms. The molecule has 0 radical (unpaired) electrons. The standard InChI is InChI=1S/C20H16N4O4S2/c25-17(21-12-5-6-14-15(9-12)27-11-26-14)10-29-20-24-23-18(28-20)7-8-19-22-13-3-1-2-4-16(13)30-19/h1-6,9H,7-8,10-11H2,(H,21,25). The van der Waals surface area contributed by atoms with Gasteiger partial charge in [-0.15, -0.1) is 21.5 Å². The summed E-state index contributed by atoms with van der Waals surface area (Å²) in [4.78, 5) is 16.8. The van der Waals surface area contributed by atoms with Gasteiger partial charge in [0.05, 0.1) is 21.0 Å². The minimum atomic E-state index is -0.173. The molecular formula is C20H16N4O4S2. The number of thioether (sulfide) groups is 1. The third-order valence-electron chi connectivity index (χ3n) is 4.32. The molecule has 2 aromatic heterocycles. The highest BCUT2D eigenvalue weighted by Crippen LogP contribution is 2.34. The molecule has 1 aliphatic rings. The first-order chi connectivity index (χ1) is 14.7. The van der Waals surface area contributed by atoms with Crippen molar-refractivity contribution >= 4 is 44.9 Å². The summed E-state index contributed by atoms with van der Waals surface area (Å²) in [6.45, 7) is 0.195. The van der Waals surface area contributed by atoms with Gasteiger partial charge in [-0.3, -0.25) is 4.79 Å². The minimum Gasteiger partial charge on any atom is -0.454 e. The summed E-state index contributed by atoms with van der Waals surface area (Å²) in [5.41, 5.74) is 1.65. The van der Waals surface area contributed by atoms with Crippen LogP contribution in [0.5, 0.6) is 11.5 Å². The minimum absolute atomic E-state index is 0.161. The fourth-order valence-corrected chi connectivity index (χ4v) is 4.48. The maximum Gasteiger partial charge on any atom is 0.277 e. The van der Waals surface area contributed by atoms with Crippen LogP contribution in [0.3, 0.4) is 0 Å². The number of amides is 1. The summed E-state index contributed by atoms with van der Waals surface area (Å²) in [6.07, 6.45) is 1.34. The van der Waals surface area contributed by atoms with Crippen molar-refractivity contribution in [3.63, 3.8) is 0 Å². The van der Waals surface area contributed by atoms with Crippen molar-refractivity contribution in [2.24, 2.45) is 0 Å². The van der Waals surface area contributed by atoms with Gasteiger partial charge in [-0.05, 0) is 24.3 Å². The average molecular weight is 441 g/mol. The molecule has 0 saturated carbocycles. The van der Waals surface area contributed by atoms with Crippen LogP contribution in [0.4, 0.5) is 5.69 Å². The van der Waals surface area contributed by atoms with Crippen molar-refractivity contribution in [1.29, 1.82) is 0 Å². The summed E-state index contributed by atoms with van der Waals surface area (Å²) in [6, 6.07) is 13.3. The van der Waals surface area contributed by atoms with Gasteiger partial charge in [0.25, 0.3) is 5.22 Å². The topological polar surface area (TPSA) is 99.4 Å². The third-order valence-corrected chi connectivity index (χ3v) is 6.24. The van der Waals surface area contributed by atoms with Crippen LogP contribution in [0.25, 0.3) is 10.2 Å². The first-order valence-corrected chi connectivity index (χ1v) is 11.0. The van der Waals surface area contributed by atoms with E-state index in [1.54, 1.807) is 29.5 Å². The van der Waals surface area contributed by atoms with Crippen molar-refractivity contribution in [2.75, 3.05) is 17.9 Å². The van der Waals surface area contributed by atoms with Crippen molar-refractivity contribution in [3.8, 4) is 11.5 Å². The van der Waals surface area contributed by atoms with E-state index in [-0.39, 0.29) is 18.5 Å². The van der Waals surface area contributed by atoms with E-state index in [1.165, 1.54) is 16.5 Å². The second-order valence-corrected chi connectivity index (χ2v) is 8.48. The number of aromatic nitrogens is 3. The average Bonchev–Trinajstić information content (AvgIpc) is 3.49. The number of nitrogens with one attached hydrogen (secondary N) is 1. The van der Waals surface area contributed by atoms with E-state index in [0.717, 1.165) is 16.9 Å². The van der Waals surface area contributed by atoms with E-state index >= 15 is 0 Å². The Labute approximate surface area is 179 Å². The lowest BCUT2D eigenvalue weighted by atomic mass is 10.3. The Morgan fingerprint density at radius 3 is 2.93 bits per heavy atom. The molecular weight excluding hydrogens is 424 g/mol. The molecule has 8 nitrogen and oxygen atoms in total. The van der Waals surface area contributed by atoms with Gasteiger partial charge in [-0.25, -0.2) is 4.98 Å². The van der Waals surface area contributed by atoms with Crippen LogP contribution in [-0.4, -0.2) is 33.6 Å². The van der Waals surface area contributed by atoms with Gasteiger partial charge >= 0.3 is 0 Å². The normalized spacial score (nSPS) is 12.4. The van der Waals surface area contributed by atoms with Crippen LogP contribution in [-0.2, 0) is 17.6 Å². The van der Waals surface area contributed by atoms with Gasteiger partial charge < -0.3 is 19.2 Å². The molecule has 1 amide bonds. The molecule has 30 heavy (non-hydrogen) atoms. The predicted octanol–water partition coefficient (Wildman–Crippen LogP) is 3.92. The van der Waals surface area contributed by atoms with Crippen molar-refractivity contribution < 1.29 is 18.7 Å². The summed E-state index contributed by atoms with van der Waals surface area (Å²) >= 11 is 2.87. The summed E-state index contributed by atoms with van der Waals surface area (Å²) in [5.74, 6) is 1.82. The van der Waals surface area contributed by atoms with Crippen LogP contribution in [0, 0.1) is 0 Å². The van der Waals surface area contributed by atoms with Crippen molar-refractivity contribution in [3.05, 3.63) is 53.4 Å². The first-order valence-electron chi connectivity index (χ1n) is 9.22. The molecule has 0 unspecified atom stereocenters. The molecule has 1 aliphatic heterocycles. The lowest BCUT2D eigenvalue weighted by Crippen LogP contribution is -2.13. The number of hydrogen-bond donors (Lipinski definition) is 1. The van der Waals surface area contributed by atoms with E-state index in [4.69, 9.17) is 13.9 Å². The Morgan fingerprint density at radius 2 is 2.00 bits per heavy atom. The van der Waals surface area contributed by atoms with Crippen molar-refractivity contribution in [1.82, 2.24) is 15.2 Å². The number of ether oxygens (including phenoxy) is 2. The van der Waals surface area contributed by atoms with Gasteiger partial charge in [0.15, 0.2) is 11.5 Å². The number of fused-ring (bicyclic) bond motifs is 2. The number of carbonyl (C=O) groups excluding carboxylic acids is 1. The Morgan fingerprint density at radius 1 is 1.10 bits per heavy atom. The second kappa shape index (κ2) is 8.33. The molecule has 0 bridgehead atoms. The quantitative estimate of drug-likeness (QED) is 0.432. The molecule has 2 aromatic carbocycles. The fourth-order valence-electron chi connectivity index (χ4n) is 2.94. The maximum absolute atomic E-state index is 12.2. The molecule has 0 fully saturated rings. The lowest BCUT2D eigenvalue weighted by Gasteiger charge is -2.05. The monoisotopic (exact) mass is 440 g/mol. The number of hydrogen-bond acceptors (Lipinski definition) is 9. The van der Waals surface area contributed by atoms with Gasteiger partial charge in [-0.1, -0.05) is 23.9 Å². The number of benzene rings is 2.